The van der Waals surface area contributed by atoms with E-state index in [0.29, 0.717) is 0 Å². The molecule has 10 rings (SSSR count). The zero-order chi connectivity index (χ0) is 32.0. The van der Waals surface area contributed by atoms with Gasteiger partial charge in [-0.1, -0.05) is 147 Å². The van der Waals surface area contributed by atoms with Crippen molar-refractivity contribution in [1.82, 2.24) is 0 Å². The van der Waals surface area contributed by atoms with Crippen LogP contribution in [0.3, 0.4) is 0 Å². The highest BCUT2D eigenvalue weighted by atomic mass is 16.3. The van der Waals surface area contributed by atoms with Crippen LogP contribution in [0.1, 0.15) is 25.0 Å². The van der Waals surface area contributed by atoms with E-state index in [0.717, 1.165) is 27.5 Å². The lowest BCUT2D eigenvalue weighted by Gasteiger charge is -2.21. The summed E-state index contributed by atoms with van der Waals surface area (Å²) in [6, 6.07) is 57.5. The molecule has 0 unspecified atom stereocenters. The van der Waals surface area contributed by atoms with E-state index < -0.39 is 0 Å². The Labute approximate surface area is 279 Å². The summed E-state index contributed by atoms with van der Waals surface area (Å²) < 4.78 is 6.68. The quantitative estimate of drug-likeness (QED) is 0.181. The Morgan fingerprint density at radius 1 is 0.375 bits per heavy atom. The van der Waals surface area contributed by atoms with Gasteiger partial charge in [-0.15, -0.1) is 0 Å². The lowest BCUT2D eigenvalue weighted by atomic mass is 9.82. The second-order valence-corrected chi connectivity index (χ2v) is 13.6. The summed E-state index contributed by atoms with van der Waals surface area (Å²) in [6.45, 7) is 4.66. The molecule has 0 aliphatic heterocycles. The Kier molecular flexibility index (Phi) is 5.69. The average molecular weight is 613 g/mol. The SMILES string of the molecule is CC1(C)c2ccccc2-c2cc(-c3ccc4c(c3)oc3cccc(-c5c6ccccc6c(-c6ccccc6)c6ccccc56)c34)ccc21. The van der Waals surface area contributed by atoms with Gasteiger partial charge in [-0.3, -0.25) is 0 Å². The molecule has 1 heterocycles. The summed E-state index contributed by atoms with van der Waals surface area (Å²) in [4.78, 5) is 0. The van der Waals surface area contributed by atoms with Crippen LogP contribution in [-0.4, -0.2) is 0 Å². The van der Waals surface area contributed by atoms with Crippen LogP contribution in [-0.2, 0) is 5.41 Å². The first-order valence-corrected chi connectivity index (χ1v) is 16.8. The van der Waals surface area contributed by atoms with Crippen molar-refractivity contribution in [3.63, 3.8) is 0 Å². The first-order valence-electron chi connectivity index (χ1n) is 16.8. The van der Waals surface area contributed by atoms with Gasteiger partial charge in [0.05, 0.1) is 0 Å². The third-order valence-corrected chi connectivity index (χ3v) is 10.7. The smallest absolute Gasteiger partial charge is 0.136 e. The van der Waals surface area contributed by atoms with E-state index in [1.165, 1.54) is 71.6 Å². The fourth-order valence-electron chi connectivity index (χ4n) is 8.45. The minimum atomic E-state index is -0.00279. The maximum atomic E-state index is 6.68. The highest BCUT2D eigenvalue weighted by Crippen LogP contribution is 2.50. The highest BCUT2D eigenvalue weighted by molar-refractivity contribution is 6.25. The normalized spacial score (nSPS) is 13.4. The summed E-state index contributed by atoms with van der Waals surface area (Å²) >= 11 is 0. The van der Waals surface area contributed by atoms with Crippen LogP contribution in [0.15, 0.2) is 162 Å². The zero-order valence-corrected chi connectivity index (χ0v) is 26.9. The van der Waals surface area contributed by atoms with E-state index in [1.54, 1.807) is 0 Å². The van der Waals surface area contributed by atoms with Crippen molar-refractivity contribution in [1.29, 1.82) is 0 Å². The minimum absolute atomic E-state index is 0.00279. The third kappa shape index (κ3) is 3.79. The molecule has 1 heteroatoms. The fraction of sp³-hybridized carbons (Fsp3) is 0.0638. The molecule has 0 amide bonds. The third-order valence-electron chi connectivity index (χ3n) is 10.7. The largest absolute Gasteiger partial charge is 0.456 e. The van der Waals surface area contributed by atoms with Gasteiger partial charge in [0.1, 0.15) is 11.2 Å². The van der Waals surface area contributed by atoms with Crippen LogP contribution in [0.5, 0.6) is 0 Å². The van der Waals surface area contributed by atoms with Gasteiger partial charge in [0.15, 0.2) is 0 Å². The van der Waals surface area contributed by atoms with Crippen molar-refractivity contribution >= 4 is 43.5 Å². The zero-order valence-electron chi connectivity index (χ0n) is 26.9. The van der Waals surface area contributed by atoms with Crippen LogP contribution < -0.4 is 0 Å². The second-order valence-electron chi connectivity index (χ2n) is 13.6. The molecule has 0 fully saturated rings. The Morgan fingerprint density at radius 2 is 0.958 bits per heavy atom. The molecule has 48 heavy (non-hydrogen) atoms. The predicted octanol–water partition coefficient (Wildman–Crippen LogP) is 13.2. The first kappa shape index (κ1) is 27.2. The topological polar surface area (TPSA) is 13.1 Å². The van der Waals surface area contributed by atoms with Crippen molar-refractivity contribution in [2.24, 2.45) is 0 Å². The molecule has 0 radical (unpaired) electrons. The van der Waals surface area contributed by atoms with Crippen molar-refractivity contribution in [2.45, 2.75) is 19.3 Å². The van der Waals surface area contributed by atoms with Crippen LogP contribution in [0, 0.1) is 0 Å². The molecule has 0 saturated heterocycles. The lowest BCUT2D eigenvalue weighted by Crippen LogP contribution is -2.14. The predicted molar refractivity (Wildman–Crippen MR) is 203 cm³/mol. The average Bonchev–Trinajstić information content (AvgIpc) is 3.62. The summed E-state index contributed by atoms with van der Waals surface area (Å²) in [7, 11) is 0. The van der Waals surface area contributed by atoms with E-state index >= 15 is 0 Å². The van der Waals surface area contributed by atoms with E-state index in [2.05, 4.69) is 172 Å². The molecule has 9 aromatic rings. The van der Waals surface area contributed by atoms with Crippen molar-refractivity contribution in [2.75, 3.05) is 0 Å². The monoisotopic (exact) mass is 612 g/mol. The molecule has 0 saturated carbocycles. The summed E-state index contributed by atoms with van der Waals surface area (Å²) in [6.07, 6.45) is 0. The molecule has 0 atom stereocenters. The molecule has 1 aromatic heterocycles. The van der Waals surface area contributed by atoms with Gasteiger partial charge in [-0.05, 0) is 101 Å². The lowest BCUT2D eigenvalue weighted by molar-refractivity contribution is 0.660. The van der Waals surface area contributed by atoms with Gasteiger partial charge in [0, 0.05) is 16.2 Å². The Bertz CT molecular complexity index is 2690. The highest BCUT2D eigenvalue weighted by Gasteiger charge is 2.35. The van der Waals surface area contributed by atoms with Gasteiger partial charge in [-0.2, -0.15) is 0 Å². The number of hydrogen-bond donors (Lipinski definition) is 0. The number of benzene rings is 8. The molecule has 8 aromatic carbocycles. The van der Waals surface area contributed by atoms with Gasteiger partial charge >= 0.3 is 0 Å². The molecular weight excluding hydrogens is 581 g/mol. The maximum absolute atomic E-state index is 6.68. The number of rotatable bonds is 3. The molecular formula is C47H32O. The summed E-state index contributed by atoms with van der Waals surface area (Å²) in [5, 5.41) is 7.30. The minimum Gasteiger partial charge on any atom is -0.456 e. The summed E-state index contributed by atoms with van der Waals surface area (Å²) in [5.41, 5.74) is 14.6. The molecule has 1 aliphatic carbocycles. The number of furan rings is 1. The van der Waals surface area contributed by atoms with Crippen molar-refractivity contribution in [3.05, 3.63) is 169 Å². The Morgan fingerprint density at radius 3 is 1.71 bits per heavy atom. The van der Waals surface area contributed by atoms with Crippen LogP contribution in [0.4, 0.5) is 0 Å². The molecule has 1 aliphatic rings. The Hall–Kier alpha value is -5.92. The van der Waals surface area contributed by atoms with E-state index in [9.17, 15) is 0 Å². The number of hydrogen-bond acceptors (Lipinski definition) is 1. The van der Waals surface area contributed by atoms with E-state index in [4.69, 9.17) is 4.42 Å². The first-order chi connectivity index (χ1) is 23.6. The van der Waals surface area contributed by atoms with E-state index in [-0.39, 0.29) is 5.41 Å². The number of fused-ring (bicyclic) bond motifs is 8. The molecule has 0 spiro atoms. The van der Waals surface area contributed by atoms with Crippen molar-refractivity contribution in [3.8, 4) is 44.5 Å². The standard InChI is InChI=1S/C47H32O/c1-47(2)40-21-11-10-15-32(40)39-27-30(24-26-41(39)47)31-23-25-37-43(28-31)48-42-22-12-20-38(46(37)42)45-35-18-8-6-16-33(35)44(29-13-4-3-5-14-29)34-17-7-9-19-36(34)45/h3-28H,1-2H3. The maximum Gasteiger partial charge on any atom is 0.136 e. The van der Waals surface area contributed by atoms with Crippen LogP contribution >= 0.6 is 0 Å². The van der Waals surface area contributed by atoms with Gasteiger partial charge in [0.2, 0.25) is 0 Å². The molecule has 1 nitrogen and oxygen atoms in total. The Balaban J connectivity index is 1.19. The van der Waals surface area contributed by atoms with Crippen molar-refractivity contribution < 1.29 is 4.42 Å². The fourth-order valence-corrected chi connectivity index (χ4v) is 8.45. The molecule has 0 N–H and O–H groups in total. The van der Waals surface area contributed by atoms with Gasteiger partial charge < -0.3 is 4.42 Å². The van der Waals surface area contributed by atoms with Gasteiger partial charge in [0.25, 0.3) is 0 Å². The molecule has 226 valence electrons. The van der Waals surface area contributed by atoms with Crippen LogP contribution in [0.25, 0.3) is 88.0 Å². The summed E-state index contributed by atoms with van der Waals surface area (Å²) in [5.74, 6) is 0. The molecule has 0 bridgehead atoms. The van der Waals surface area contributed by atoms with Gasteiger partial charge in [-0.25, -0.2) is 0 Å². The van der Waals surface area contributed by atoms with Crippen LogP contribution in [0.2, 0.25) is 0 Å². The second kappa shape index (κ2) is 10.0. The van der Waals surface area contributed by atoms with E-state index in [1.807, 2.05) is 0 Å².